The van der Waals surface area contributed by atoms with Crippen molar-refractivity contribution in [3.05, 3.63) is 53.4 Å². The Balaban J connectivity index is 1.67. The van der Waals surface area contributed by atoms with E-state index in [0.717, 1.165) is 13.0 Å². The minimum Gasteiger partial charge on any atom is -0.480 e. The summed E-state index contributed by atoms with van der Waals surface area (Å²) in [5.74, 6) is -1.36. The lowest BCUT2D eigenvalue weighted by molar-refractivity contribution is -0.143. The van der Waals surface area contributed by atoms with E-state index in [0.29, 0.717) is 47.1 Å². The van der Waals surface area contributed by atoms with Crippen molar-refractivity contribution in [3.63, 3.8) is 0 Å². The molecule has 0 spiro atoms. The number of carboxylic acid groups (broad SMARTS) is 2. The summed E-state index contributed by atoms with van der Waals surface area (Å²) in [4.78, 5) is 36.3. The van der Waals surface area contributed by atoms with E-state index in [1.165, 1.54) is 4.57 Å². The van der Waals surface area contributed by atoms with E-state index in [1.807, 2.05) is 9.80 Å². The molecule has 1 saturated heterocycles. The number of halogens is 1. The standard InChI is InChI=1S/C21H22ClN5O4/c22-14-3-4-15-16(12-27(13-18(28)29)17(15)11-14)19(20(30)31)25-7-2-8-26(10-9-25)21-23-5-1-6-24-21/h1,3-6,11-12,19H,2,7-10,13H2,(H,28,29)(H,30,31). The third kappa shape index (κ3) is 4.47. The molecule has 1 unspecified atom stereocenters. The Morgan fingerprint density at radius 2 is 1.87 bits per heavy atom. The van der Waals surface area contributed by atoms with Crippen LogP contribution in [0, 0.1) is 0 Å². The first-order valence-corrected chi connectivity index (χ1v) is 10.3. The first-order valence-electron chi connectivity index (χ1n) is 9.93. The molecule has 1 atom stereocenters. The second kappa shape index (κ2) is 8.91. The third-order valence-corrected chi connectivity index (χ3v) is 5.67. The number of rotatable bonds is 6. The summed E-state index contributed by atoms with van der Waals surface area (Å²) in [7, 11) is 0. The largest absolute Gasteiger partial charge is 0.480 e. The number of carbonyl (C=O) groups is 2. The van der Waals surface area contributed by atoms with Crippen LogP contribution in [-0.2, 0) is 16.1 Å². The molecule has 0 saturated carbocycles. The van der Waals surface area contributed by atoms with Gasteiger partial charge in [-0.3, -0.25) is 14.5 Å². The van der Waals surface area contributed by atoms with E-state index >= 15 is 0 Å². The van der Waals surface area contributed by atoms with Crippen molar-refractivity contribution >= 4 is 40.4 Å². The zero-order valence-corrected chi connectivity index (χ0v) is 17.4. The van der Waals surface area contributed by atoms with Crippen molar-refractivity contribution in [2.75, 3.05) is 31.1 Å². The van der Waals surface area contributed by atoms with Gasteiger partial charge in [-0.2, -0.15) is 0 Å². The van der Waals surface area contributed by atoms with Gasteiger partial charge in [0.1, 0.15) is 12.6 Å². The van der Waals surface area contributed by atoms with Gasteiger partial charge in [0, 0.05) is 60.7 Å². The normalized spacial score (nSPS) is 16.2. The number of aromatic nitrogens is 3. The summed E-state index contributed by atoms with van der Waals surface area (Å²) in [6.45, 7) is 2.13. The molecule has 0 aliphatic carbocycles. The molecule has 2 N–H and O–H groups in total. The predicted octanol–water partition coefficient (Wildman–Crippen LogP) is 2.51. The van der Waals surface area contributed by atoms with E-state index in [1.54, 1.807) is 42.9 Å². The molecule has 1 aliphatic rings. The molecule has 0 radical (unpaired) electrons. The lowest BCUT2D eigenvalue weighted by Crippen LogP contribution is -2.37. The fourth-order valence-corrected chi connectivity index (χ4v) is 4.29. The number of benzene rings is 1. The van der Waals surface area contributed by atoms with Crippen molar-refractivity contribution in [2.45, 2.75) is 19.0 Å². The zero-order valence-electron chi connectivity index (χ0n) is 16.7. The molecule has 3 aromatic rings. The number of carboxylic acids is 2. The molecular weight excluding hydrogens is 422 g/mol. The fourth-order valence-electron chi connectivity index (χ4n) is 4.12. The smallest absolute Gasteiger partial charge is 0.325 e. The Bertz CT molecular complexity index is 1100. The molecule has 2 aromatic heterocycles. The maximum atomic E-state index is 12.4. The van der Waals surface area contributed by atoms with E-state index in [9.17, 15) is 19.8 Å². The highest BCUT2D eigenvalue weighted by Crippen LogP contribution is 2.33. The molecule has 10 heteroatoms. The Hall–Kier alpha value is -3.17. The molecule has 9 nitrogen and oxygen atoms in total. The van der Waals surface area contributed by atoms with Gasteiger partial charge in [-0.05, 0) is 24.6 Å². The van der Waals surface area contributed by atoms with Crippen LogP contribution in [-0.4, -0.2) is 67.8 Å². The van der Waals surface area contributed by atoms with Crippen molar-refractivity contribution in [1.82, 2.24) is 19.4 Å². The lowest BCUT2D eigenvalue weighted by Gasteiger charge is -2.27. The molecule has 4 rings (SSSR count). The summed E-state index contributed by atoms with van der Waals surface area (Å²) in [5, 5.41) is 20.6. The van der Waals surface area contributed by atoms with Gasteiger partial charge in [0.25, 0.3) is 0 Å². The molecule has 1 fully saturated rings. The SMILES string of the molecule is O=C(O)Cn1cc(C(C(=O)O)N2CCCN(c3ncccn3)CC2)c2ccc(Cl)cc21. The van der Waals surface area contributed by atoms with Crippen LogP contribution in [0.2, 0.25) is 5.02 Å². The van der Waals surface area contributed by atoms with E-state index in [2.05, 4.69) is 9.97 Å². The fraction of sp³-hybridized carbons (Fsp3) is 0.333. The molecule has 0 bridgehead atoms. The number of fused-ring (bicyclic) bond motifs is 1. The van der Waals surface area contributed by atoms with Crippen LogP contribution in [0.5, 0.6) is 0 Å². The highest BCUT2D eigenvalue weighted by atomic mass is 35.5. The van der Waals surface area contributed by atoms with Gasteiger partial charge in [-0.1, -0.05) is 17.7 Å². The quantitative estimate of drug-likeness (QED) is 0.597. The van der Waals surface area contributed by atoms with Crippen molar-refractivity contribution in [1.29, 1.82) is 0 Å². The van der Waals surface area contributed by atoms with Crippen LogP contribution < -0.4 is 4.90 Å². The van der Waals surface area contributed by atoms with E-state index < -0.39 is 18.0 Å². The molecule has 162 valence electrons. The lowest BCUT2D eigenvalue weighted by atomic mass is 10.0. The molecule has 3 heterocycles. The van der Waals surface area contributed by atoms with Crippen LogP contribution in [0.15, 0.2) is 42.9 Å². The minimum absolute atomic E-state index is 0.275. The number of anilines is 1. The van der Waals surface area contributed by atoms with Crippen LogP contribution >= 0.6 is 11.6 Å². The van der Waals surface area contributed by atoms with Crippen LogP contribution in [0.4, 0.5) is 5.95 Å². The summed E-state index contributed by atoms with van der Waals surface area (Å²) >= 11 is 6.12. The van der Waals surface area contributed by atoms with Gasteiger partial charge in [0.05, 0.1) is 5.52 Å². The molecular formula is C21H22ClN5O4. The number of nitrogens with zero attached hydrogens (tertiary/aromatic N) is 5. The maximum absolute atomic E-state index is 12.4. The topological polar surface area (TPSA) is 112 Å². The Kier molecular flexibility index (Phi) is 6.06. The van der Waals surface area contributed by atoms with Gasteiger partial charge in [-0.15, -0.1) is 0 Å². The van der Waals surface area contributed by atoms with Gasteiger partial charge in [0.15, 0.2) is 0 Å². The molecule has 1 aromatic carbocycles. The first-order chi connectivity index (χ1) is 14.9. The summed E-state index contributed by atoms with van der Waals surface area (Å²) in [5.41, 5.74) is 1.16. The first kappa shape index (κ1) is 21.1. The van der Waals surface area contributed by atoms with Crippen molar-refractivity contribution in [2.24, 2.45) is 0 Å². The van der Waals surface area contributed by atoms with Crippen molar-refractivity contribution < 1.29 is 19.8 Å². The highest BCUT2D eigenvalue weighted by Gasteiger charge is 2.32. The van der Waals surface area contributed by atoms with E-state index in [4.69, 9.17) is 11.6 Å². The molecule has 0 amide bonds. The van der Waals surface area contributed by atoms with Gasteiger partial charge >= 0.3 is 11.9 Å². The second-order valence-electron chi connectivity index (χ2n) is 7.43. The molecule has 31 heavy (non-hydrogen) atoms. The van der Waals surface area contributed by atoms with Crippen molar-refractivity contribution in [3.8, 4) is 0 Å². The van der Waals surface area contributed by atoms with Gasteiger partial charge in [0.2, 0.25) is 5.95 Å². The van der Waals surface area contributed by atoms with Gasteiger partial charge in [-0.25, -0.2) is 9.97 Å². The number of hydrogen-bond donors (Lipinski definition) is 2. The third-order valence-electron chi connectivity index (χ3n) is 5.44. The Morgan fingerprint density at radius 3 is 2.58 bits per heavy atom. The summed E-state index contributed by atoms with van der Waals surface area (Å²) in [6.07, 6.45) is 5.75. The monoisotopic (exact) mass is 443 g/mol. The van der Waals surface area contributed by atoms with Crippen LogP contribution in [0.25, 0.3) is 10.9 Å². The number of aliphatic carboxylic acids is 2. The van der Waals surface area contributed by atoms with Crippen LogP contribution in [0.1, 0.15) is 18.0 Å². The predicted molar refractivity (Wildman–Crippen MR) is 115 cm³/mol. The minimum atomic E-state index is -1.01. The number of hydrogen-bond acceptors (Lipinski definition) is 6. The van der Waals surface area contributed by atoms with Crippen LogP contribution in [0.3, 0.4) is 0 Å². The zero-order chi connectivity index (χ0) is 22.0. The average Bonchev–Trinajstić information content (AvgIpc) is 2.91. The average molecular weight is 444 g/mol. The summed E-state index contributed by atoms with van der Waals surface area (Å²) < 4.78 is 1.54. The maximum Gasteiger partial charge on any atom is 0.325 e. The molecule has 1 aliphatic heterocycles. The van der Waals surface area contributed by atoms with Gasteiger partial charge < -0.3 is 19.7 Å². The highest BCUT2D eigenvalue weighted by molar-refractivity contribution is 6.31. The summed E-state index contributed by atoms with van der Waals surface area (Å²) in [6, 6.07) is 5.96. The Morgan fingerprint density at radius 1 is 1.10 bits per heavy atom. The second-order valence-corrected chi connectivity index (χ2v) is 7.87. The Labute approximate surface area is 183 Å². The van der Waals surface area contributed by atoms with E-state index in [-0.39, 0.29) is 6.54 Å².